The van der Waals surface area contributed by atoms with Gasteiger partial charge in [0.2, 0.25) is 5.91 Å². The van der Waals surface area contributed by atoms with Crippen molar-refractivity contribution in [1.29, 1.82) is 0 Å². The molecule has 0 spiro atoms. The van der Waals surface area contributed by atoms with E-state index in [1.807, 2.05) is 72.2 Å². The van der Waals surface area contributed by atoms with Gasteiger partial charge in [0.1, 0.15) is 16.2 Å². The highest BCUT2D eigenvalue weighted by molar-refractivity contribution is 7.17. The van der Waals surface area contributed by atoms with Crippen molar-refractivity contribution < 1.29 is 14.3 Å². The van der Waals surface area contributed by atoms with Crippen molar-refractivity contribution in [1.82, 2.24) is 9.38 Å². The number of esters is 1. The maximum atomic E-state index is 12.7. The number of aryl methyl sites for hydroxylation is 1. The van der Waals surface area contributed by atoms with Crippen molar-refractivity contribution in [2.75, 3.05) is 11.9 Å². The van der Waals surface area contributed by atoms with Crippen LogP contribution in [0.2, 0.25) is 0 Å². The normalized spacial score (nSPS) is 10.9. The second kappa shape index (κ2) is 8.51. The molecule has 7 heteroatoms. The van der Waals surface area contributed by atoms with E-state index >= 15 is 0 Å². The van der Waals surface area contributed by atoms with Crippen LogP contribution in [0.25, 0.3) is 16.8 Å². The molecule has 0 unspecified atom stereocenters. The Hall–Kier alpha value is -3.45. The fourth-order valence-electron chi connectivity index (χ4n) is 3.39. The standard InChI is InChI=1S/C23H21N3O3S/c1-3-29-23(28)21-20(16-9-5-4-6-10-16)15(2)30-22(21)25-19(27)13-17-14-26-12-8-7-11-18(26)24-17/h4-12,14H,3,13H2,1-2H3,(H,25,27). The predicted molar refractivity (Wildman–Crippen MR) is 118 cm³/mol. The van der Waals surface area contributed by atoms with Crippen LogP contribution in [0.5, 0.6) is 0 Å². The molecule has 152 valence electrons. The molecule has 0 aliphatic rings. The molecule has 1 aromatic carbocycles. The third-order valence-corrected chi connectivity index (χ3v) is 5.66. The van der Waals surface area contributed by atoms with E-state index in [0.29, 0.717) is 16.3 Å². The first kappa shape index (κ1) is 19.8. The van der Waals surface area contributed by atoms with Gasteiger partial charge in [-0.2, -0.15) is 0 Å². The molecular weight excluding hydrogens is 398 g/mol. The highest BCUT2D eigenvalue weighted by Crippen LogP contribution is 2.40. The van der Waals surface area contributed by atoms with Gasteiger partial charge in [-0.1, -0.05) is 36.4 Å². The van der Waals surface area contributed by atoms with E-state index in [9.17, 15) is 9.59 Å². The van der Waals surface area contributed by atoms with Gasteiger partial charge in [0, 0.05) is 22.8 Å². The van der Waals surface area contributed by atoms with Gasteiger partial charge in [-0.3, -0.25) is 4.79 Å². The lowest BCUT2D eigenvalue weighted by atomic mass is 10.0. The van der Waals surface area contributed by atoms with Gasteiger partial charge in [-0.05, 0) is 31.5 Å². The van der Waals surface area contributed by atoms with E-state index < -0.39 is 5.97 Å². The summed E-state index contributed by atoms with van der Waals surface area (Å²) in [5.74, 6) is -0.673. The zero-order valence-corrected chi connectivity index (χ0v) is 17.5. The number of aromatic nitrogens is 2. The zero-order chi connectivity index (χ0) is 21.1. The first-order valence-electron chi connectivity index (χ1n) is 9.65. The van der Waals surface area contributed by atoms with Gasteiger partial charge < -0.3 is 14.5 Å². The van der Waals surface area contributed by atoms with E-state index in [1.54, 1.807) is 6.92 Å². The monoisotopic (exact) mass is 419 g/mol. The number of hydrogen-bond acceptors (Lipinski definition) is 5. The number of imidazole rings is 1. The van der Waals surface area contributed by atoms with Gasteiger partial charge in [0.05, 0.1) is 18.7 Å². The molecule has 0 saturated heterocycles. The molecule has 0 atom stereocenters. The fourth-order valence-corrected chi connectivity index (χ4v) is 4.47. The summed E-state index contributed by atoms with van der Waals surface area (Å²) in [5, 5.41) is 3.40. The third kappa shape index (κ3) is 3.97. The van der Waals surface area contributed by atoms with E-state index in [2.05, 4.69) is 10.3 Å². The lowest BCUT2D eigenvalue weighted by Crippen LogP contribution is -2.16. The summed E-state index contributed by atoms with van der Waals surface area (Å²) < 4.78 is 7.16. The van der Waals surface area contributed by atoms with Gasteiger partial charge in [0.25, 0.3) is 0 Å². The molecule has 3 aromatic heterocycles. The molecule has 1 N–H and O–H groups in total. The lowest BCUT2D eigenvalue weighted by Gasteiger charge is -2.09. The Labute approximate surface area is 178 Å². The van der Waals surface area contributed by atoms with Crippen LogP contribution in [0.15, 0.2) is 60.9 Å². The second-order valence-corrected chi connectivity index (χ2v) is 7.97. The number of ether oxygens (including phenoxy) is 1. The fraction of sp³-hybridized carbons (Fsp3) is 0.174. The average Bonchev–Trinajstić information content (AvgIpc) is 3.28. The molecule has 1 amide bonds. The Bertz CT molecular complexity index is 1180. The zero-order valence-electron chi connectivity index (χ0n) is 16.7. The number of fused-ring (bicyclic) bond motifs is 1. The summed E-state index contributed by atoms with van der Waals surface area (Å²) in [6.45, 7) is 3.96. The molecule has 0 radical (unpaired) electrons. The van der Waals surface area contributed by atoms with Crippen molar-refractivity contribution in [3.05, 3.63) is 77.1 Å². The number of carbonyl (C=O) groups is 2. The Morgan fingerprint density at radius 1 is 1.13 bits per heavy atom. The van der Waals surface area contributed by atoms with Crippen molar-refractivity contribution in [2.45, 2.75) is 20.3 Å². The number of thiophene rings is 1. The van der Waals surface area contributed by atoms with Gasteiger partial charge in [-0.15, -0.1) is 11.3 Å². The molecular formula is C23H21N3O3S. The molecule has 4 rings (SSSR count). The Balaban J connectivity index is 1.64. The second-order valence-electron chi connectivity index (χ2n) is 6.75. The Morgan fingerprint density at radius 3 is 2.63 bits per heavy atom. The molecule has 4 aromatic rings. The number of hydrogen-bond donors (Lipinski definition) is 1. The highest BCUT2D eigenvalue weighted by Gasteiger charge is 2.25. The number of nitrogens with one attached hydrogen (secondary N) is 1. The first-order valence-corrected chi connectivity index (χ1v) is 10.5. The van der Waals surface area contributed by atoms with E-state index in [1.165, 1.54) is 11.3 Å². The van der Waals surface area contributed by atoms with E-state index in [4.69, 9.17) is 4.74 Å². The topological polar surface area (TPSA) is 72.7 Å². The number of pyridine rings is 1. The molecule has 0 aliphatic heterocycles. The van der Waals surface area contributed by atoms with Crippen LogP contribution in [0.4, 0.5) is 5.00 Å². The predicted octanol–water partition coefficient (Wildman–Crippen LogP) is 4.73. The van der Waals surface area contributed by atoms with Crippen LogP contribution in [0.1, 0.15) is 27.9 Å². The number of nitrogens with zero attached hydrogens (tertiary/aromatic N) is 2. The summed E-state index contributed by atoms with van der Waals surface area (Å²) in [5.41, 5.74) is 3.55. The van der Waals surface area contributed by atoms with Crippen molar-refractivity contribution in [2.24, 2.45) is 0 Å². The Kier molecular flexibility index (Phi) is 5.63. The van der Waals surface area contributed by atoms with Crippen LogP contribution in [0, 0.1) is 6.92 Å². The minimum absolute atomic E-state index is 0.113. The van der Waals surface area contributed by atoms with Crippen LogP contribution in [-0.4, -0.2) is 27.9 Å². The highest BCUT2D eigenvalue weighted by atomic mass is 32.1. The molecule has 30 heavy (non-hydrogen) atoms. The van der Waals surface area contributed by atoms with Crippen LogP contribution >= 0.6 is 11.3 Å². The summed E-state index contributed by atoms with van der Waals surface area (Å²) in [6.07, 6.45) is 3.83. The molecule has 0 fully saturated rings. The molecule has 0 saturated carbocycles. The first-order chi connectivity index (χ1) is 14.6. The van der Waals surface area contributed by atoms with Gasteiger partial charge in [-0.25, -0.2) is 9.78 Å². The van der Waals surface area contributed by atoms with E-state index in [-0.39, 0.29) is 18.9 Å². The van der Waals surface area contributed by atoms with Crippen LogP contribution in [-0.2, 0) is 16.0 Å². The van der Waals surface area contributed by atoms with Crippen molar-refractivity contribution in [3.63, 3.8) is 0 Å². The quantitative estimate of drug-likeness (QED) is 0.459. The minimum atomic E-state index is -0.441. The average molecular weight is 420 g/mol. The maximum absolute atomic E-state index is 12.7. The number of benzene rings is 1. The number of anilines is 1. The summed E-state index contributed by atoms with van der Waals surface area (Å²) >= 11 is 1.38. The Morgan fingerprint density at radius 2 is 1.90 bits per heavy atom. The minimum Gasteiger partial charge on any atom is -0.462 e. The smallest absolute Gasteiger partial charge is 0.341 e. The molecule has 0 bridgehead atoms. The van der Waals surface area contributed by atoms with Crippen LogP contribution < -0.4 is 5.32 Å². The molecule has 0 aliphatic carbocycles. The number of rotatable bonds is 6. The summed E-state index contributed by atoms with van der Waals surface area (Å²) in [4.78, 5) is 30.9. The van der Waals surface area contributed by atoms with Gasteiger partial charge >= 0.3 is 5.97 Å². The van der Waals surface area contributed by atoms with Crippen molar-refractivity contribution >= 4 is 33.9 Å². The SMILES string of the molecule is CCOC(=O)c1c(NC(=O)Cc2cn3ccccc3n2)sc(C)c1-c1ccccc1. The number of carbonyl (C=O) groups excluding carboxylic acids is 2. The largest absolute Gasteiger partial charge is 0.462 e. The van der Waals surface area contributed by atoms with Crippen LogP contribution in [0.3, 0.4) is 0 Å². The third-order valence-electron chi connectivity index (χ3n) is 4.63. The summed E-state index contributed by atoms with van der Waals surface area (Å²) in [7, 11) is 0. The lowest BCUT2D eigenvalue weighted by molar-refractivity contribution is -0.115. The molecule has 6 nitrogen and oxygen atoms in total. The van der Waals surface area contributed by atoms with Gasteiger partial charge in [0.15, 0.2) is 0 Å². The van der Waals surface area contributed by atoms with Crippen molar-refractivity contribution in [3.8, 4) is 11.1 Å². The number of amides is 1. The summed E-state index contributed by atoms with van der Waals surface area (Å²) in [6, 6.07) is 15.3. The van der Waals surface area contributed by atoms with E-state index in [0.717, 1.165) is 21.7 Å². The molecule has 3 heterocycles. The maximum Gasteiger partial charge on any atom is 0.341 e.